The van der Waals surface area contributed by atoms with Crippen molar-refractivity contribution in [2.24, 2.45) is 29.5 Å². The molecule has 0 aromatic rings. The average Bonchev–Trinajstić information content (AvgIpc) is 2.86. The van der Waals surface area contributed by atoms with E-state index in [9.17, 15) is 9.59 Å². The summed E-state index contributed by atoms with van der Waals surface area (Å²) in [5.74, 6) is -10.8. The molecule has 0 bridgehead atoms. The predicted molar refractivity (Wildman–Crippen MR) is 111 cm³/mol. The van der Waals surface area contributed by atoms with E-state index in [0.717, 1.165) is 13.8 Å². The van der Waals surface area contributed by atoms with Crippen LogP contribution in [-0.2, 0) is 19.1 Å². The molecule has 1 saturated heterocycles. The first-order chi connectivity index (χ1) is 18.9. The number of carbonyl (C=O) groups excluding carboxylic acids is 2. The minimum Gasteiger partial charge on any atom is -0.462 e. The second-order valence-corrected chi connectivity index (χ2v) is 7.85. The Kier molecular flexibility index (Phi) is 3.46. The fourth-order valence-electron chi connectivity index (χ4n) is 4.00. The summed E-state index contributed by atoms with van der Waals surface area (Å²) in [6.45, 7) is 0.110. The second-order valence-electron chi connectivity index (χ2n) is 7.85. The number of aliphatic hydroxyl groups is 1. The van der Waals surface area contributed by atoms with Gasteiger partial charge in [-0.2, -0.15) is 0 Å². The van der Waals surface area contributed by atoms with Crippen LogP contribution >= 0.6 is 0 Å². The second kappa shape index (κ2) is 9.46. The van der Waals surface area contributed by atoms with E-state index in [-0.39, 0.29) is 31.3 Å². The lowest BCUT2D eigenvalue weighted by Gasteiger charge is -2.43. The van der Waals surface area contributed by atoms with Crippen LogP contribution in [0.25, 0.3) is 0 Å². The summed E-state index contributed by atoms with van der Waals surface area (Å²) >= 11 is 0. The Hall–Kier alpha value is -1.62. The van der Waals surface area contributed by atoms with Gasteiger partial charge in [0, 0.05) is 24.7 Å². The quantitative estimate of drug-likeness (QED) is 0.629. The zero-order valence-electron chi connectivity index (χ0n) is 29.8. The van der Waals surface area contributed by atoms with Gasteiger partial charge in [-0.05, 0) is 48.9 Å². The number of cyclic esters (lactones) is 1. The molecule has 0 amide bonds. The Balaban J connectivity index is 2.12. The first-order valence-corrected chi connectivity index (χ1v) is 9.86. The molecule has 1 heterocycles. The molecule has 0 aromatic heterocycles. The number of ether oxygens (including phenoxy) is 2. The number of rotatable bonds is 7. The summed E-state index contributed by atoms with van der Waals surface area (Å²) in [4.78, 5) is 25.3. The summed E-state index contributed by atoms with van der Waals surface area (Å²) in [5.41, 5.74) is -0.264. The smallest absolute Gasteiger partial charge is 0.308 e. The van der Waals surface area contributed by atoms with Gasteiger partial charge in [0.25, 0.3) is 0 Å². The Morgan fingerprint density at radius 3 is 3.17 bits per heavy atom. The van der Waals surface area contributed by atoms with Gasteiger partial charge in [0.1, 0.15) is 12.2 Å². The number of esters is 2. The van der Waals surface area contributed by atoms with E-state index in [1.807, 2.05) is 0 Å². The van der Waals surface area contributed by atoms with Crippen molar-refractivity contribution in [2.45, 2.75) is 84.4 Å². The van der Waals surface area contributed by atoms with Gasteiger partial charge in [0.2, 0.25) is 1.43 Å². The summed E-state index contributed by atoms with van der Waals surface area (Å²) in [5, 5.41) is 4.56. The van der Waals surface area contributed by atoms with Crippen LogP contribution in [0.4, 0.5) is 0 Å². The molecule has 3 aliphatic rings. The molecule has 29 heavy (non-hydrogen) atoms. The van der Waals surface area contributed by atoms with E-state index in [1.54, 1.807) is 0 Å². The normalized spacial score (nSPS) is 53.1. The Labute approximate surface area is 192 Å². The first-order valence-electron chi connectivity index (χ1n) is 16.3. The van der Waals surface area contributed by atoms with E-state index < -0.39 is 97.5 Å². The van der Waals surface area contributed by atoms with E-state index >= 15 is 0 Å². The Morgan fingerprint density at radius 1 is 1.59 bits per heavy atom. The largest absolute Gasteiger partial charge is 0.462 e. The SMILES string of the molecule is [2H]O[C@H]1CC(=O)OC(CC[C@@H]2[C@@H]3C(=C([2H])[C@]([2H])(C)C([2H])([2H])C3OC(=O)[C@@H](C)C([2H])([2H])C([2H])([2H])[2H])C([2H])=C([2H])[C@]2([2H])C)C1. The topological polar surface area (TPSA) is 72.8 Å². The van der Waals surface area contributed by atoms with Crippen molar-refractivity contribution in [3.05, 3.63) is 23.7 Å². The van der Waals surface area contributed by atoms with Gasteiger partial charge in [-0.3, -0.25) is 9.59 Å². The molecule has 162 valence electrons. The molecule has 0 spiro atoms. The number of allylic oxidation sites excluding steroid dienone is 3. The number of carbonyl (C=O) groups is 2. The molecule has 1 aliphatic heterocycles. The van der Waals surface area contributed by atoms with Crippen molar-refractivity contribution in [3.63, 3.8) is 0 Å². The van der Waals surface area contributed by atoms with Crippen LogP contribution in [0.2, 0.25) is 0 Å². The van der Waals surface area contributed by atoms with Crippen molar-refractivity contribution < 1.29 is 40.6 Å². The molecule has 0 radical (unpaired) electrons. The van der Waals surface area contributed by atoms with Gasteiger partial charge in [-0.15, -0.1) is 0 Å². The summed E-state index contributed by atoms with van der Waals surface area (Å²) < 4.78 is 118. The summed E-state index contributed by atoms with van der Waals surface area (Å²) in [6.07, 6.45) is -9.32. The molecule has 0 saturated carbocycles. The molecule has 1 fully saturated rings. The molecule has 5 heteroatoms. The van der Waals surface area contributed by atoms with Crippen LogP contribution in [0, 0.1) is 29.5 Å². The molecular formula is C24H36O5. The van der Waals surface area contributed by atoms with Gasteiger partial charge in [-0.1, -0.05) is 45.8 Å². The van der Waals surface area contributed by atoms with E-state index in [2.05, 4.69) is 5.11 Å². The summed E-state index contributed by atoms with van der Waals surface area (Å²) in [7, 11) is 0. The predicted octanol–water partition coefficient (Wildman–Crippen LogP) is 4.20. The van der Waals surface area contributed by atoms with Gasteiger partial charge >= 0.3 is 11.9 Å². The molecule has 0 aromatic carbocycles. The Morgan fingerprint density at radius 2 is 2.41 bits per heavy atom. The lowest BCUT2D eigenvalue weighted by atomic mass is 9.65. The summed E-state index contributed by atoms with van der Waals surface area (Å²) in [6, 6.07) is -1.74. The molecule has 1 N–H and O–H groups in total. The van der Waals surface area contributed by atoms with Gasteiger partial charge < -0.3 is 14.6 Å². The third kappa shape index (κ3) is 5.30. The lowest BCUT2D eigenvalue weighted by Crippen LogP contribution is -2.42. The van der Waals surface area contributed by atoms with Crippen LogP contribution < -0.4 is 0 Å². The number of hydrogen-bond donors (Lipinski definition) is 1. The Bertz CT molecular complexity index is 1160. The van der Waals surface area contributed by atoms with Gasteiger partial charge in [0.05, 0.1) is 22.6 Å². The maximum atomic E-state index is 13.2. The highest BCUT2D eigenvalue weighted by molar-refractivity contribution is 5.72. The monoisotopic (exact) mass is 417 g/mol. The van der Waals surface area contributed by atoms with Crippen molar-refractivity contribution in [1.29, 1.82) is 1.43 Å². The average molecular weight is 418 g/mol. The standard InChI is InChI=1S/C24H36O5/c1-5-15(3)24(27)29-21-11-14(2)10-17-7-6-16(4)20(23(17)21)9-8-19-12-18(25)13-22(26)28-19/h6-7,10,14-16,18-21,23,25H,5,8-9,11-13H2,1-4H3/t14-,15-,16-,18+,19?,20-,21?,23-/m0/s1/i1D3,5D2,6D,7D,10D,11D2,14D,16D,25D. The molecule has 3 rings (SSSR count). The van der Waals surface area contributed by atoms with Gasteiger partial charge in [-0.25, -0.2) is 0 Å². The highest BCUT2D eigenvalue weighted by Gasteiger charge is 2.42. The van der Waals surface area contributed by atoms with Gasteiger partial charge in [0.15, 0.2) is 0 Å². The number of aliphatic hydroxyl groups excluding tert-OH is 1. The van der Waals surface area contributed by atoms with Crippen LogP contribution in [0.3, 0.4) is 0 Å². The molecule has 5 nitrogen and oxygen atoms in total. The first kappa shape index (κ1) is 10.6. The van der Waals surface area contributed by atoms with E-state index in [4.69, 9.17) is 27.4 Å². The van der Waals surface area contributed by atoms with Crippen molar-refractivity contribution in [3.8, 4) is 0 Å². The minimum atomic E-state index is -3.23. The zero-order valence-corrected chi connectivity index (χ0v) is 16.8. The fraction of sp³-hybridized carbons (Fsp3) is 0.750. The highest BCUT2D eigenvalue weighted by atomic mass is 16.5. The maximum absolute atomic E-state index is 13.2. The molecule has 8 atom stereocenters. The number of fused-ring (bicyclic) bond motifs is 1. The van der Waals surface area contributed by atoms with E-state index in [0.29, 0.717) is 0 Å². The maximum Gasteiger partial charge on any atom is 0.308 e. The van der Waals surface area contributed by atoms with Crippen LogP contribution in [-0.4, -0.2) is 36.8 Å². The van der Waals surface area contributed by atoms with Crippen molar-refractivity contribution >= 4 is 11.9 Å². The zero-order chi connectivity index (χ0) is 32.4. The van der Waals surface area contributed by atoms with Crippen LogP contribution in [0.15, 0.2) is 23.7 Å². The fourth-order valence-corrected chi connectivity index (χ4v) is 4.00. The number of hydrogen-bond acceptors (Lipinski definition) is 5. The van der Waals surface area contributed by atoms with Crippen LogP contribution in [0.1, 0.15) is 82.5 Å². The van der Waals surface area contributed by atoms with Crippen molar-refractivity contribution in [2.75, 3.05) is 0 Å². The third-order valence-corrected chi connectivity index (χ3v) is 5.56. The molecule has 2 unspecified atom stereocenters. The van der Waals surface area contributed by atoms with E-state index in [1.165, 1.54) is 6.92 Å². The lowest BCUT2D eigenvalue weighted by molar-refractivity contribution is -0.162. The van der Waals surface area contributed by atoms with Crippen LogP contribution in [0.5, 0.6) is 0 Å². The molecular weight excluding hydrogens is 368 g/mol. The minimum absolute atomic E-state index is 0.0513. The molecule has 2 aliphatic carbocycles. The van der Waals surface area contributed by atoms with Crippen molar-refractivity contribution in [1.82, 2.24) is 0 Å². The highest BCUT2D eigenvalue weighted by Crippen LogP contribution is 2.45. The third-order valence-electron chi connectivity index (χ3n) is 5.56.